The molecule has 0 saturated carbocycles. The molecule has 2 heterocycles. The van der Waals surface area contributed by atoms with Gasteiger partial charge in [0, 0.05) is 25.5 Å². The number of ether oxygens (including phenoxy) is 1. The van der Waals surface area contributed by atoms with Gasteiger partial charge in [-0.15, -0.1) is 0 Å². The molecule has 3 atom stereocenters. The van der Waals surface area contributed by atoms with Crippen molar-refractivity contribution in [1.82, 2.24) is 10.8 Å². The van der Waals surface area contributed by atoms with Gasteiger partial charge in [-0.25, -0.2) is 0 Å². The van der Waals surface area contributed by atoms with Crippen LogP contribution in [0, 0.1) is 5.92 Å². The molecular formula is C10H18N2O4. The Labute approximate surface area is 94.2 Å². The molecule has 6 nitrogen and oxygen atoms in total. The average Bonchev–Trinajstić information content (AvgIpc) is 2.96. The Morgan fingerprint density at radius 3 is 3.06 bits per heavy atom. The van der Waals surface area contributed by atoms with E-state index in [2.05, 4.69) is 10.8 Å². The SMILES string of the molecule is O=C(NCC1CCOC1)C1CC(CO)ON1. The molecule has 2 saturated heterocycles. The van der Waals surface area contributed by atoms with Crippen molar-refractivity contribution in [3.8, 4) is 0 Å². The first-order valence-electron chi connectivity index (χ1n) is 5.67. The van der Waals surface area contributed by atoms with Crippen molar-refractivity contribution in [2.45, 2.75) is 25.0 Å². The van der Waals surface area contributed by atoms with Crippen LogP contribution in [0.1, 0.15) is 12.8 Å². The fourth-order valence-corrected chi connectivity index (χ4v) is 1.92. The van der Waals surface area contributed by atoms with E-state index >= 15 is 0 Å². The average molecular weight is 230 g/mol. The fraction of sp³-hybridized carbons (Fsp3) is 0.900. The van der Waals surface area contributed by atoms with Gasteiger partial charge in [0.1, 0.15) is 12.1 Å². The van der Waals surface area contributed by atoms with Crippen LogP contribution in [0.4, 0.5) is 0 Å². The number of rotatable bonds is 4. The molecule has 3 unspecified atom stereocenters. The van der Waals surface area contributed by atoms with Crippen LogP contribution in [0.15, 0.2) is 0 Å². The number of aliphatic hydroxyl groups excluding tert-OH is 1. The van der Waals surface area contributed by atoms with Gasteiger partial charge in [-0.05, 0) is 6.42 Å². The van der Waals surface area contributed by atoms with Gasteiger partial charge in [-0.1, -0.05) is 0 Å². The molecule has 2 rings (SSSR count). The van der Waals surface area contributed by atoms with E-state index in [1.165, 1.54) is 0 Å². The van der Waals surface area contributed by atoms with Gasteiger partial charge in [0.15, 0.2) is 0 Å². The van der Waals surface area contributed by atoms with Crippen molar-refractivity contribution in [3.05, 3.63) is 0 Å². The largest absolute Gasteiger partial charge is 0.394 e. The minimum absolute atomic E-state index is 0.0623. The van der Waals surface area contributed by atoms with Gasteiger partial charge in [0.2, 0.25) is 5.91 Å². The van der Waals surface area contributed by atoms with Crippen LogP contribution in [0.25, 0.3) is 0 Å². The van der Waals surface area contributed by atoms with E-state index in [1.54, 1.807) is 0 Å². The second-order valence-electron chi connectivity index (χ2n) is 4.30. The van der Waals surface area contributed by atoms with Gasteiger partial charge in [-0.3, -0.25) is 9.63 Å². The van der Waals surface area contributed by atoms with Gasteiger partial charge < -0.3 is 15.2 Å². The van der Waals surface area contributed by atoms with Gasteiger partial charge >= 0.3 is 0 Å². The van der Waals surface area contributed by atoms with Crippen molar-refractivity contribution in [3.63, 3.8) is 0 Å². The third-order valence-electron chi connectivity index (χ3n) is 2.98. The first kappa shape index (κ1) is 11.8. The van der Waals surface area contributed by atoms with Crippen LogP contribution in [0.5, 0.6) is 0 Å². The Hall–Kier alpha value is -0.690. The molecule has 92 valence electrons. The molecule has 16 heavy (non-hydrogen) atoms. The van der Waals surface area contributed by atoms with E-state index in [4.69, 9.17) is 14.7 Å². The monoisotopic (exact) mass is 230 g/mol. The zero-order valence-corrected chi connectivity index (χ0v) is 9.15. The normalized spacial score (nSPS) is 34.2. The van der Waals surface area contributed by atoms with Crippen LogP contribution in [-0.2, 0) is 14.4 Å². The van der Waals surface area contributed by atoms with Crippen LogP contribution in [-0.4, -0.2) is 49.5 Å². The number of hydroxylamine groups is 1. The Bertz CT molecular complexity index is 243. The standard InChI is InChI=1S/C10H18N2O4/c13-5-8-3-9(12-16-8)10(14)11-4-7-1-2-15-6-7/h7-9,12-13H,1-6H2,(H,11,14). The molecule has 0 spiro atoms. The number of carbonyl (C=O) groups is 1. The lowest BCUT2D eigenvalue weighted by atomic mass is 10.1. The summed E-state index contributed by atoms with van der Waals surface area (Å²) in [5, 5.41) is 11.7. The summed E-state index contributed by atoms with van der Waals surface area (Å²) < 4.78 is 5.22. The number of carbonyl (C=O) groups excluding carboxylic acids is 1. The Morgan fingerprint density at radius 1 is 1.56 bits per heavy atom. The second kappa shape index (κ2) is 5.58. The quantitative estimate of drug-likeness (QED) is 0.565. The van der Waals surface area contributed by atoms with Crippen LogP contribution >= 0.6 is 0 Å². The topological polar surface area (TPSA) is 79.8 Å². The zero-order chi connectivity index (χ0) is 11.4. The summed E-state index contributed by atoms with van der Waals surface area (Å²) in [7, 11) is 0. The number of amides is 1. The molecule has 0 aromatic carbocycles. The molecule has 2 aliphatic rings. The van der Waals surface area contributed by atoms with E-state index in [1.807, 2.05) is 0 Å². The maximum absolute atomic E-state index is 11.7. The van der Waals surface area contributed by atoms with Crippen molar-refractivity contribution in [2.75, 3.05) is 26.4 Å². The summed E-state index contributed by atoms with van der Waals surface area (Å²) in [6.07, 6.45) is 1.25. The highest BCUT2D eigenvalue weighted by Crippen LogP contribution is 2.12. The van der Waals surface area contributed by atoms with E-state index in [9.17, 15) is 4.79 Å². The number of nitrogens with one attached hydrogen (secondary N) is 2. The predicted octanol–water partition coefficient (Wildman–Crippen LogP) is -1.21. The van der Waals surface area contributed by atoms with E-state index in [0.717, 1.165) is 19.6 Å². The molecule has 3 N–H and O–H groups in total. The molecule has 0 aromatic heterocycles. The highest BCUT2D eigenvalue weighted by atomic mass is 16.7. The lowest BCUT2D eigenvalue weighted by Crippen LogP contribution is -2.42. The van der Waals surface area contributed by atoms with Crippen LogP contribution in [0.2, 0.25) is 0 Å². The maximum atomic E-state index is 11.7. The summed E-state index contributed by atoms with van der Waals surface area (Å²) in [6.45, 7) is 2.11. The molecule has 2 fully saturated rings. The minimum atomic E-state index is -0.348. The smallest absolute Gasteiger partial charge is 0.239 e. The Balaban J connectivity index is 1.67. The summed E-state index contributed by atoms with van der Waals surface area (Å²) in [5.41, 5.74) is 2.63. The van der Waals surface area contributed by atoms with Gasteiger partial charge in [-0.2, -0.15) is 5.48 Å². The third-order valence-corrected chi connectivity index (χ3v) is 2.98. The van der Waals surface area contributed by atoms with Crippen molar-refractivity contribution in [1.29, 1.82) is 0 Å². The molecule has 1 amide bonds. The molecular weight excluding hydrogens is 212 g/mol. The number of aliphatic hydroxyl groups is 1. The molecule has 2 aliphatic heterocycles. The molecule has 0 bridgehead atoms. The van der Waals surface area contributed by atoms with Gasteiger partial charge in [0.25, 0.3) is 0 Å². The first-order valence-corrected chi connectivity index (χ1v) is 5.67. The highest BCUT2D eigenvalue weighted by molar-refractivity contribution is 5.81. The minimum Gasteiger partial charge on any atom is -0.394 e. The third kappa shape index (κ3) is 2.91. The zero-order valence-electron chi connectivity index (χ0n) is 9.15. The Morgan fingerprint density at radius 2 is 2.44 bits per heavy atom. The van der Waals surface area contributed by atoms with Crippen LogP contribution < -0.4 is 10.8 Å². The van der Waals surface area contributed by atoms with Crippen molar-refractivity contribution < 1.29 is 19.5 Å². The fourth-order valence-electron chi connectivity index (χ4n) is 1.92. The van der Waals surface area contributed by atoms with Crippen molar-refractivity contribution >= 4 is 5.91 Å². The molecule has 0 aromatic rings. The van der Waals surface area contributed by atoms with Gasteiger partial charge in [0.05, 0.1) is 13.2 Å². The summed E-state index contributed by atoms with van der Waals surface area (Å²) in [4.78, 5) is 16.7. The maximum Gasteiger partial charge on any atom is 0.239 e. The number of hydrogen-bond acceptors (Lipinski definition) is 5. The first-order chi connectivity index (χ1) is 7.79. The summed E-state index contributed by atoms with van der Waals surface area (Å²) >= 11 is 0. The molecule has 6 heteroatoms. The van der Waals surface area contributed by atoms with Crippen LogP contribution in [0.3, 0.4) is 0 Å². The lowest BCUT2D eigenvalue weighted by molar-refractivity contribution is -0.124. The predicted molar refractivity (Wildman–Crippen MR) is 55.4 cm³/mol. The lowest BCUT2D eigenvalue weighted by Gasteiger charge is -2.12. The Kier molecular flexibility index (Phi) is 4.11. The summed E-state index contributed by atoms with van der Waals surface area (Å²) in [5.74, 6) is 0.364. The van der Waals surface area contributed by atoms with E-state index in [-0.39, 0.29) is 24.7 Å². The van der Waals surface area contributed by atoms with E-state index in [0.29, 0.717) is 18.9 Å². The number of hydrogen-bond donors (Lipinski definition) is 3. The van der Waals surface area contributed by atoms with Crippen molar-refractivity contribution in [2.24, 2.45) is 5.92 Å². The molecule has 0 radical (unpaired) electrons. The molecule has 0 aliphatic carbocycles. The summed E-state index contributed by atoms with van der Waals surface area (Å²) in [6, 6.07) is -0.348. The van der Waals surface area contributed by atoms with E-state index < -0.39 is 0 Å². The highest BCUT2D eigenvalue weighted by Gasteiger charge is 2.30. The second-order valence-corrected chi connectivity index (χ2v) is 4.30.